The quantitative estimate of drug-likeness (QED) is 0.602. The first-order chi connectivity index (χ1) is 8.74. The van der Waals surface area contributed by atoms with E-state index in [0.29, 0.717) is 0 Å². The number of hydrogen-bond donors (Lipinski definition) is 0. The highest BCUT2D eigenvalue weighted by molar-refractivity contribution is 5.88. The maximum absolute atomic E-state index is 4.61. The molecular formula is C17H15N. The lowest BCUT2D eigenvalue weighted by Gasteiger charge is -2.08. The molecule has 18 heavy (non-hydrogen) atoms. The molecule has 1 nitrogen and oxygen atoms in total. The number of aryl methyl sites for hydroxylation is 2. The summed E-state index contributed by atoms with van der Waals surface area (Å²) in [7, 11) is 0. The van der Waals surface area contributed by atoms with Gasteiger partial charge in [-0.05, 0) is 48.4 Å². The number of aromatic nitrogens is 1. The smallest absolute Gasteiger partial charge is 0.0708 e. The molecule has 1 heterocycles. The van der Waals surface area contributed by atoms with Gasteiger partial charge in [-0.15, -0.1) is 0 Å². The number of hydrogen-bond acceptors (Lipinski definition) is 1. The Morgan fingerprint density at radius 3 is 2.22 bits per heavy atom. The number of rotatable bonds is 1. The first-order valence-corrected chi connectivity index (χ1v) is 6.17. The summed E-state index contributed by atoms with van der Waals surface area (Å²) in [5.41, 5.74) is 4.60. The summed E-state index contributed by atoms with van der Waals surface area (Å²) < 4.78 is 0. The van der Waals surface area contributed by atoms with Crippen LogP contribution in [0.3, 0.4) is 0 Å². The zero-order valence-corrected chi connectivity index (χ0v) is 10.6. The van der Waals surface area contributed by atoms with Crippen molar-refractivity contribution in [1.29, 1.82) is 0 Å². The van der Waals surface area contributed by atoms with E-state index in [4.69, 9.17) is 0 Å². The lowest BCUT2D eigenvalue weighted by Crippen LogP contribution is -1.89. The molecule has 0 aliphatic heterocycles. The van der Waals surface area contributed by atoms with Gasteiger partial charge in [-0.25, -0.2) is 0 Å². The average Bonchev–Trinajstić information content (AvgIpc) is 2.38. The van der Waals surface area contributed by atoms with Gasteiger partial charge in [-0.2, -0.15) is 0 Å². The van der Waals surface area contributed by atoms with Gasteiger partial charge in [0, 0.05) is 11.3 Å². The van der Waals surface area contributed by atoms with Crippen molar-refractivity contribution in [3.05, 3.63) is 65.9 Å². The third kappa shape index (κ3) is 1.88. The fraction of sp³-hybridized carbons (Fsp3) is 0.118. The molecule has 3 aromatic rings. The van der Waals surface area contributed by atoms with Crippen LogP contribution in [0.25, 0.3) is 22.0 Å². The molecule has 0 aliphatic carbocycles. The fourth-order valence-electron chi connectivity index (χ4n) is 2.32. The zero-order chi connectivity index (χ0) is 12.5. The maximum atomic E-state index is 4.61. The molecule has 0 amide bonds. The SMILES string of the molecule is Cc1cccc(-c2cc3ccccc3cc2C)n1. The molecule has 0 saturated carbocycles. The van der Waals surface area contributed by atoms with E-state index in [-0.39, 0.29) is 0 Å². The molecule has 0 N–H and O–H groups in total. The van der Waals surface area contributed by atoms with E-state index in [1.165, 1.54) is 21.9 Å². The van der Waals surface area contributed by atoms with Gasteiger partial charge in [0.25, 0.3) is 0 Å². The summed E-state index contributed by atoms with van der Waals surface area (Å²) in [6, 6.07) is 19.1. The highest BCUT2D eigenvalue weighted by Crippen LogP contribution is 2.27. The van der Waals surface area contributed by atoms with Crippen molar-refractivity contribution in [2.45, 2.75) is 13.8 Å². The molecule has 3 rings (SSSR count). The molecule has 1 aromatic heterocycles. The van der Waals surface area contributed by atoms with Crippen LogP contribution in [0.15, 0.2) is 54.6 Å². The summed E-state index contributed by atoms with van der Waals surface area (Å²) in [5.74, 6) is 0. The standard InChI is InChI=1S/C17H15N/c1-12-10-14-7-3-4-8-15(14)11-16(12)17-9-5-6-13(2)18-17/h3-11H,1-2H3. The van der Waals surface area contributed by atoms with Crippen LogP contribution in [0.5, 0.6) is 0 Å². The lowest BCUT2D eigenvalue weighted by molar-refractivity contribution is 1.20. The summed E-state index contributed by atoms with van der Waals surface area (Å²) in [6.45, 7) is 4.17. The van der Waals surface area contributed by atoms with Crippen molar-refractivity contribution in [2.75, 3.05) is 0 Å². The number of fused-ring (bicyclic) bond motifs is 1. The molecule has 2 aromatic carbocycles. The average molecular weight is 233 g/mol. The van der Waals surface area contributed by atoms with Gasteiger partial charge >= 0.3 is 0 Å². The molecule has 0 aliphatic rings. The first kappa shape index (κ1) is 11.0. The summed E-state index contributed by atoms with van der Waals surface area (Å²) in [4.78, 5) is 4.61. The van der Waals surface area contributed by atoms with Crippen molar-refractivity contribution in [3.63, 3.8) is 0 Å². The second-order valence-electron chi connectivity index (χ2n) is 4.68. The van der Waals surface area contributed by atoms with Crippen molar-refractivity contribution < 1.29 is 0 Å². The van der Waals surface area contributed by atoms with Crippen molar-refractivity contribution in [2.24, 2.45) is 0 Å². The second kappa shape index (κ2) is 4.26. The number of pyridine rings is 1. The zero-order valence-electron chi connectivity index (χ0n) is 10.6. The molecule has 0 saturated heterocycles. The molecular weight excluding hydrogens is 218 g/mol. The van der Waals surface area contributed by atoms with E-state index in [9.17, 15) is 0 Å². The Labute approximate surface area is 107 Å². The van der Waals surface area contributed by atoms with E-state index in [1.807, 2.05) is 13.0 Å². The molecule has 1 heteroatoms. The Hall–Kier alpha value is -2.15. The van der Waals surface area contributed by atoms with Crippen LogP contribution in [0, 0.1) is 13.8 Å². The number of benzene rings is 2. The molecule has 0 atom stereocenters. The van der Waals surface area contributed by atoms with E-state index >= 15 is 0 Å². The summed E-state index contributed by atoms with van der Waals surface area (Å²) >= 11 is 0. The normalized spacial score (nSPS) is 10.8. The summed E-state index contributed by atoms with van der Waals surface area (Å²) in [6.07, 6.45) is 0. The highest BCUT2D eigenvalue weighted by Gasteiger charge is 2.05. The molecule has 0 bridgehead atoms. The van der Waals surface area contributed by atoms with Gasteiger partial charge in [0.2, 0.25) is 0 Å². The van der Waals surface area contributed by atoms with Gasteiger partial charge < -0.3 is 0 Å². The predicted octanol–water partition coefficient (Wildman–Crippen LogP) is 4.52. The van der Waals surface area contributed by atoms with Crippen molar-refractivity contribution in [1.82, 2.24) is 4.98 Å². The minimum absolute atomic E-state index is 1.05. The van der Waals surface area contributed by atoms with Crippen LogP contribution in [-0.4, -0.2) is 4.98 Å². The largest absolute Gasteiger partial charge is 0.253 e. The number of nitrogens with zero attached hydrogens (tertiary/aromatic N) is 1. The van der Waals surface area contributed by atoms with Gasteiger partial charge in [0.05, 0.1) is 5.69 Å². The van der Waals surface area contributed by atoms with E-state index in [1.54, 1.807) is 0 Å². The van der Waals surface area contributed by atoms with E-state index in [2.05, 4.69) is 60.4 Å². The van der Waals surface area contributed by atoms with E-state index in [0.717, 1.165) is 11.4 Å². The first-order valence-electron chi connectivity index (χ1n) is 6.17. The molecule has 0 fully saturated rings. The third-order valence-electron chi connectivity index (χ3n) is 3.26. The minimum atomic E-state index is 1.05. The van der Waals surface area contributed by atoms with Crippen LogP contribution >= 0.6 is 0 Å². The van der Waals surface area contributed by atoms with Gasteiger partial charge in [-0.3, -0.25) is 4.98 Å². The van der Waals surface area contributed by atoms with Crippen LogP contribution < -0.4 is 0 Å². The Morgan fingerprint density at radius 2 is 1.50 bits per heavy atom. The molecule has 0 radical (unpaired) electrons. The van der Waals surface area contributed by atoms with E-state index < -0.39 is 0 Å². The van der Waals surface area contributed by atoms with Crippen molar-refractivity contribution >= 4 is 10.8 Å². The van der Waals surface area contributed by atoms with Crippen LogP contribution in [0.1, 0.15) is 11.3 Å². The highest BCUT2D eigenvalue weighted by atomic mass is 14.7. The summed E-state index contributed by atoms with van der Waals surface area (Å²) in [5, 5.41) is 2.55. The Kier molecular flexibility index (Phi) is 2.60. The van der Waals surface area contributed by atoms with Crippen LogP contribution in [0.2, 0.25) is 0 Å². The van der Waals surface area contributed by atoms with Crippen molar-refractivity contribution in [3.8, 4) is 11.3 Å². The monoisotopic (exact) mass is 233 g/mol. The Bertz CT molecular complexity index is 714. The molecule has 88 valence electrons. The van der Waals surface area contributed by atoms with Crippen LogP contribution in [-0.2, 0) is 0 Å². The minimum Gasteiger partial charge on any atom is -0.253 e. The lowest BCUT2D eigenvalue weighted by atomic mass is 9.99. The van der Waals surface area contributed by atoms with Gasteiger partial charge in [0.1, 0.15) is 0 Å². The van der Waals surface area contributed by atoms with Gasteiger partial charge in [0.15, 0.2) is 0 Å². The Balaban J connectivity index is 2.26. The van der Waals surface area contributed by atoms with Gasteiger partial charge in [-0.1, -0.05) is 36.4 Å². The third-order valence-corrected chi connectivity index (χ3v) is 3.26. The predicted molar refractivity (Wildman–Crippen MR) is 76.7 cm³/mol. The fourth-order valence-corrected chi connectivity index (χ4v) is 2.32. The van der Waals surface area contributed by atoms with Crippen LogP contribution in [0.4, 0.5) is 0 Å². The molecule has 0 spiro atoms. The molecule has 0 unspecified atom stereocenters. The maximum Gasteiger partial charge on any atom is 0.0708 e. The Morgan fingerprint density at radius 1 is 0.778 bits per heavy atom. The second-order valence-corrected chi connectivity index (χ2v) is 4.68. The topological polar surface area (TPSA) is 12.9 Å².